The van der Waals surface area contributed by atoms with Crippen LogP contribution in [0, 0.1) is 7.14 Å². The molecule has 3 rings (SSSR count). The van der Waals surface area contributed by atoms with Crippen LogP contribution >= 0.6 is 45.2 Å². The molecule has 0 saturated heterocycles. The van der Waals surface area contributed by atoms with E-state index in [1.807, 2.05) is 25.1 Å². The molecule has 0 aliphatic carbocycles. The van der Waals surface area contributed by atoms with E-state index in [2.05, 4.69) is 55.7 Å². The summed E-state index contributed by atoms with van der Waals surface area (Å²) in [4.78, 5) is 23.9. The van der Waals surface area contributed by atoms with Gasteiger partial charge in [-0.25, -0.2) is 10.2 Å². The van der Waals surface area contributed by atoms with Crippen molar-refractivity contribution in [3.63, 3.8) is 0 Å². The topological polar surface area (TPSA) is 99.4 Å². The maximum Gasteiger partial charge on any atom is 0.344 e. The summed E-state index contributed by atoms with van der Waals surface area (Å²) in [6.07, 6.45) is 1.52. The number of halogens is 2. The number of nitrogens with zero attached hydrogens (tertiary/aromatic N) is 1. The Morgan fingerprint density at radius 1 is 1.06 bits per heavy atom. The molecule has 10 heteroatoms. The van der Waals surface area contributed by atoms with Gasteiger partial charge in [-0.2, -0.15) is 5.10 Å². The number of nitrogens with one attached hydrogen (secondary N) is 1. The normalized spacial score (nSPS) is 11.0. The molecule has 0 aliphatic rings. The Labute approximate surface area is 211 Å². The summed E-state index contributed by atoms with van der Waals surface area (Å²) in [5, 5.41) is 4.79. The number of rotatable bonds is 9. The molecule has 32 heavy (non-hydrogen) atoms. The maximum atomic E-state index is 12.4. The van der Waals surface area contributed by atoms with E-state index in [9.17, 15) is 9.59 Å². The first-order valence-corrected chi connectivity index (χ1v) is 11.8. The van der Waals surface area contributed by atoms with Crippen LogP contribution in [-0.2, 0) is 9.53 Å². The van der Waals surface area contributed by atoms with E-state index < -0.39 is 11.9 Å². The zero-order valence-electron chi connectivity index (χ0n) is 17.3. The van der Waals surface area contributed by atoms with E-state index in [1.54, 1.807) is 25.1 Å². The SMILES string of the molecule is CCOC(=O)COc1c(I)cc(/C=N/NC(=O)c2cc3cc(OCC)ccc3o2)cc1I. The van der Waals surface area contributed by atoms with Crippen molar-refractivity contribution >= 4 is 74.2 Å². The second-order valence-corrected chi connectivity index (χ2v) is 8.67. The number of amides is 1. The van der Waals surface area contributed by atoms with Gasteiger partial charge in [-0.1, -0.05) is 0 Å². The Morgan fingerprint density at radius 2 is 1.81 bits per heavy atom. The minimum Gasteiger partial charge on any atom is -0.494 e. The fourth-order valence-electron chi connectivity index (χ4n) is 2.74. The molecule has 0 radical (unpaired) electrons. The molecule has 1 amide bonds. The van der Waals surface area contributed by atoms with E-state index in [1.165, 1.54) is 6.21 Å². The Balaban J connectivity index is 1.64. The molecule has 0 spiro atoms. The molecule has 2 aromatic carbocycles. The molecule has 0 aliphatic heterocycles. The third kappa shape index (κ3) is 6.34. The zero-order chi connectivity index (χ0) is 23.1. The molecule has 0 fully saturated rings. The van der Waals surface area contributed by atoms with E-state index in [-0.39, 0.29) is 12.4 Å². The van der Waals surface area contributed by atoms with Crippen LogP contribution in [0.3, 0.4) is 0 Å². The fraction of sp³-hybridized carbons (Fsp3) is 0.227. The van der Waals surface area contributed by atoms with Gasteiger partial charge < -0.3 is 18.6 Å². The highest BCUT2D eigenvalue weighted by atomic mass is 127. The molecule has 8 nitrogen and oxygen atoms in total. The van der Waals surface area contributed by atoms with Gasteiger partial charge in [0.2, 0.25) is 0 Å². The third-order valence-corrected chi connectivity index (χ3v) is 5.67. The Bertz CT molecular complexity index is 1140. The predicted octanol–water partition coefficient (Wildman–Crippen LogP) is 4.75. The first-order valence-electron chi connectivity index (χ1n) is 9.68. The lowest BCUT2D eigenvalue weighted by molar-refractivity contribution is -0.145. The van der Waals surface area contributed by atoms with E-state index in [0.29, 0.717) is 30.3 Å². The highest BCUT2D eigenvalue weighted by molar-refractivity contribution is 14.1. The van der Waals surface area contributed by atoms with Crippen LogP contribution in [0.2, 0.25) is 0 Å². The molecule has 1 aromatic heterocycles. The number of benzene rings is 2. The number of hydrazone groups is 1. The fourth-order valence-corrected chi connectivity index (χ4v) is 4.86. The van der Waals surface area contributed by atoms with Crippen molar-refractivity contribution in [1.82, 2.24) is 5.43 Å². The molecule has 1 N–H and O–H groups in total. The van der Waals surface area contributed by atoms with Crippen molar-refractivity contribution in [3.05, 3.63) is 54.9 Å². The summed E-state index contributed by atoms with van der Waals surface area (Å²) in [5.74, 6) is 0.567. The van der Waals surface area contributed by atoms with Crippen molar-refractivity contribution in [2.24, 2.45) is 5.10 Å². The van der Waals surface area contributed by atoms with Gasteiger partial charge >= 0.3 is 11.9 Å². The maximum absolute atomic E-state index is 12.4. The lowest BCUT2D eigenvalue weighted by Gasteiger charge is -2.10. The lowest BCUT2D eigenvalue weighted by atomic mass is 10.2. The molecule has 1 heterocycles. The second-order valence-electron chi connectivity index (χ2n) is 6.35. The highest BCUT2D eigenvalue weighted by Crippen LogP contribution is 2.28. The number of hydrogen-bond donors (Lipinski definition) is 1. The van der Waals surface area contributed by atoms with Crippen molar-refractivity contribution in [3.8, 4) is 11.5 Å². The van der Waals surface area contributed by atoms with Gasteiger partial charge in [-0.05, 0) is 101 Å². The van der Waals surface area contributed by atoms with Gasteiger partial charge in [-0.15, -0.1) is 0 Å². The van der Waals surface area contributed by atoms with Crippen LogP contribution < -0.4 is 14.9 Å². The number of furan rings is 1. The molecule has 168 valence electrons. The number of esters is 1. The number of hydrogen-bond acceptors (Lipinski definition) is 7. The number of carbonyl (C=O) groups is 2. The predicted molar refractivity (Wildman–Crippen MR) is 136 cm³/mol. The Morgan fingerprint density at radius 3 is 2.50 bits per heavy atom. The Kier molecular flexibility index (Phi) is 8.73. The quantitative estimate of drug-likeness (QED) is 0.154. The summed E-state index contributed by atoms with van der Waals surface area (Å²) in [6.45, 7) is 4.35. The van der Waals surface area contributed by atoms with Crippen LogP contribution in [0.4, 0.5) is 0 Å². The zero-order valence-corrected chi connectivity index (χ0v) is 21.6. The minimum absolute atomic E-state index is 0.151. The molecule has 0 unspecified atom stereocenters. The van der Waals surface area contributed by atoms with Crippen LogP contribution in [0.15, 0.2) is 45.9 Å². The van der Waals surface area contributed by atoms with E-state index >= 15 is 0 Å². The molecule has 0 saturated carbocycles. The largest absolute Gasteiger partial charge is 0.494 e. The van der Waals surface area contributed by atoms with E-state index in [4.69, 9.17) is 18.6 Å². The monoisotopic (exact) mass is 662 g/mol. The average Bonchev–Trinajstić information content (AvgIpc) is 3.17. The molecular formula is C22H20I2N2O6. The minimum atomic E-state index is -0.464. The third-order valence-electron chi connectivity index (χ3n) is 4.06. The number of carbonyl (C=O) groups excluding carboxylic acids is 2. The van der Waals surface area contributed by atoms with Gasteiger partial charge in [0.1, 0.15) is 17.1 Å². The van der Waals surface area contributed by atoms with Gasteiger partial charge in [0.15, 0.2) is 12.4 Å². The first kappa shape index (κ1) is 24.3. The summed E-state index contributed by atoms with van der Waals surface area (Å²) < 4.78 is 23.1. The van der Waals surface area contributed by atoms with Gasteiger partial charge in [0.25, 0.3) is 0 Å². The van der Waals surface area contributed by atoms with Crippen molar-refractivity contribution in [2.45, 2.75) is 13.8 Å². The van der Waals surface area contributed by atoms with Crippen LogP contribution in [-0.4, -0.2) is 37.9 Å². The van der Waals surface area contributed by atoms with Crippen molar-refractivity contribution in [1.29, 1.82) is 0 Å². The number of ether oxygens (including phenoxy) is 3. The molecule has 3 aromatic rings. The standard InChI is InChI=1S/C22H20I2N2O6/c1-3-29-15-5-6-18-14(9-15)10-19(32-18)22(28)26-25-11-13-7-16(23)21(17(24)8-13)31-12-20(27)30-4-2/h5-11H,3-4,12H2,1-2H3,(H,26,28)/b25-11+. The van der Waals surface area contributed by atoms with Crippen LogP contribution in [0.5, 0.6) is 11.5 Å². The molecule has 0 atom stereocenters. The summed E-state index contributed by atoms with van der Waals surface area (Å²) >= 11 is 4.23. The number of fused-ring (bicyclic) bond motifs is 1. The molecule has 0 bridgehead atoms. The summed E-state index contributed by atoms with van der Waals surface area (Å²) in [6, 6.07) is 10.7. The summed E-state index contributed by atoms with van der Waals surface area (Å²) in [5.41, 5.74) is 3.81. The first-order chi connectivity index (χ1) is 15.4. The smallest absolute Gasteiger partial charge is 0.344 e. The lowest BCUT2D eigenvalue weighted by Crippen LogP contribution is -2.17. The van der Waals surface area contributed by atoms with Gasteiger partial charge in [-0.3, -0.25) is 4.79 Å². The van der Waals surface area contributed by atoms with Gasteiger partial charge in [0.05, 0.1) is 26.6 Å². The Hall–Kier alpha value is -2.35. The van der Waals surface area contributed by atoms with Crippen LogP contribution in [0.1, 0.15) is 30.0 Å². The molecular weight excluding hydrogens is 642 g/mol. The van der Waals surface area contributed by atoms with Crippen LogP contribution in [0.25, 0.3) is 11.0 Å². The van der Waals surface area contributed by atoms with Crippen molar-refractivity contribution in [2.75, 3.05) is 19.8 Å². The second kappa shape index (κ2) is 11.5. The average molecular weight is 662 g/mol. The highest BCUT2D eigenvalue weighted by Gasteiger charge is 2.13. The van der Waals surface area contributed by atoms with E-state index in [0.717, 1.165) is 18.1 Å². The summed E-state index contributed by atoms with van der Waals surface area (Å²) in [7, 11) is 0. The van der Waals surface area contributed by atoms with Crippen molar-refractivity contribution < 1.29 is 28.2 Å². The van der Waals surface area contributed by atoms with Gasteiger partial charge in [0, 0.05) is 5.39 Å².